The Kier molecular flexibility index (Phi) is 8.57. The number of nitrogens with one attached hydrogen (secondary N) is 3. The van der Waals surface area contributed by atoms with Gasteiger partial charge in [0.25, 0.3) is 0 Å². The lowest BCUT2D eigenvalue weighted by molar-refractivity contribution is -0.121. The number of aliphatic imine (C=N–C) groups is 1. The number of amides is 1. The maximum Gasteiger partial charge on any atom is 0.221 e. The molecule has 0 heterocycles. The van der Waals surface area contributed by atoms with Crippen molar-refractivity contribution in [3.63, 3.8) is 0 Å². The lowest BCUT2D eigenvalue weighted by Gasteiger charge is -2.13. The van der Waals surface area contributed by atoms with E-state index in [4.69, 9.17) is 4.74 Å². The summed E-state index contributed by atoms with van der Waals surface area (Å²) in [6.07, 6.45) is 1.25. The largest absolute Gasteiger partial charge is 0.496 e. The molecule has 0 aliphatic carbocycles. The van der Waals surface area contributed by atoms with E-state index in [1.165, 1.54) is 0 Å². The second-order valence-corrected chi connectivity index (χ2v) is 5.46. The van der Waals surface area contributed by atoms with Gasteiger partial charge in [-0.15, -0.1) is 0 Å². The molecule has 1 rings (SSSR count). The molecule has 0 atom stereocenters. The van der Waals surface area contributed by atoms with Gasteiger partial charge in [0.1, 0.15) is 5.75 Å². The number of hydrogen-bond donors (Lipinski definition) is 3. The number of rotatable bonds is 8. The van der Waals surface area contributed by atoms with Crippen molar-refractivity contribution >= 4 is 11.9 Å². The molecule has 6 heteroatoms. The Labute approximate surface area is 138 Å². The molecule has 0 aromatic heterocycles. The van der Waals surface area contributed by atoms with E-state index in [1.54, 1.807) is 14.2 Å². The molecule has 1 amide bonds. The average molecular weight is 320 g/mol. The first-order valence-electron chi connectivity index (χ1n) is 7.92. The van der Waals surface area contributed by atoms with Crippen LogP contribution in [0.3, 0.4) is 0 Å². The summed E-state index contributed by atoms with van der Waals surface area (Å²) in [7, 11) is 3.39. The van der Waals surface area contributed by atoms with E-state index >= 15 is 0 Å². The van der Waals surface area contributed by atoms with Crippen LogP contribution in [0.15, 0.2) is 29.3 Å². The number of para-hydroxylation sites is 1. The fourth-order valence-corrected chi connectivity index (χ4v) is 2.13. The number of hydrogen-bond acceptors (Lipinski definition) is 3. The van der Waals surface area contributed by atoms with Gasteiger partial charge in [-0.3, -0.25) is 9.79 Å². The van der Waals surface area contributed by atoms with Crippen molar-refractivity contribution in [2.45, 2.75) is 32.7 Å². The van der Waals surface area contributed by atoms with Crippen molar-refractivity contribution in [2.24, 2.45) is 4.99 Å². The van der Waals surface area contributed by atoms with Crippen molar-refractivity contribution in [3.05, 3.63) is 29.8 Å². The molecular formula is C17H28N4O2. The van der Waals surface area contributed by atoms with Crippen LogP contribution >= 0.6 is 0 Å². The normalized spacial score (nSPS) is 11.3. The first kappa shape index (κ1) is 18.8. The number of nitrogens with zero attached hydrogens (tertiary/aromatic N) is 1. The van der Waals surface area contributed by atoms with Crippen LogP contribution in [0.1, 0.15) is 25.8 Å². The fraction of sp³-hybridized carbons (Fsp3) is 0.529. The van der Waals surface area contributed by atoms with Crippen molar-refractivity contribution < 1.29 is 9.53 Å². The Morgan fingerprint density at radius 3 is 2.57 bits per heavy atom. The van der Waals surface area contributed by atoms with E-state index in [0.717, 1.165) is 24.3 Å². The number of benzene rings is 1. The molecule has 0 bridgehead atoms. The van der Waals surface area contributed by atoms with E-state index < -0.39 is 0 Å². The van der Waals surface area contributed by atoms with Crippen LogP contribution < -0.4 is 20.7 Å². The molecule has 0 fully saturated rings. The molecule has 23 heavy (non-hydrogen) atoms. The minimum absolute atomic E-state index is 0.0389. The van der Waals surface area contributed by atoms with E-state index in [0.29, 0.717) is 18.9 Å². The quantitative estimate of drug-likeness (QED) is 0.499. The first-order chi connectivity index (χ1) is 11.1. The second-order valence-electron chi connectivity index (χ2n) is 5.46. The Balaban J connectivity index is 2.30. The van der Waals surface area contributed by atoms with Gasteiger partial charge in [-0.05, 0) is 31.9 Å². The van der Waals surface area contributed by atoms with Gasteiger partial charge in [0.2, 0.25) is 5.91 Å². The van der Waals surface area contributed by atoms with Gasteiger partial charge in [-0.25, -0.2) is 0 Å². The zero-order valence-corrected chi connectivity index (χ0v) is 14.5. The minimum atomic E-state index is 0.0389. The van der Waals surface area contributed by atoms with Crippen LogP contribution in [0.4, 0.5) is 0 Å². The molecule has 0 unspecified atom stereocenters. The Morgan fingerprint density at radius 2 is 1.91 bits per heavy atom. The maximum absolute atomic E-state index is 11.6. The van der Waals surface area contributed by atoms with Crippen LogP contribution in [-0.2, 0) is 11.2 Å². The SMILES string of the molecule is CN=C(NCCC(=O)NC(C)C)NCCc1ccccc1OC. The van der Waals surface area contributed by atoms with Crippen molar-refractivity contribution in [1.29, 1.82) is 0 Å². The highest BCUT2D eigenvalue weighted by atomic mass is 16.5. The molecule has 0 spiro atoms. The smallest absolute Gasteiger partial charge is 0.221 e. The molecule has 0 aliphatic heterocycles. The first-order valence-corrected chi connectivity index (χ1v) is 7.92. The summed E-state index contributed by atoms with van der Waals surface area (Å²) in [5.41, 5.74) is 1.15. The third-order valence-corrected chi connectivity index (χ3v) is 3.20. The molecule has 0 saturated carbocycles. The third kappa shape index (κ3) is 7.54. The highest BCUT2D eigenvalue weighted by Crippen LogP contribution is 2.17. The second kappa shape index (κ2) is 10.5. The lowest BCUT2D eigenvalue weighted by atomic mass is 10.1. The van der Waals surface area contributed by atoms with E-state index in [-0.39, 0.29) is 11.9 Å². The molecule has 1 aromatic carbocycles. The Morgan fingerprint density at radius 1 is 1.22 bits per heavy atom. The number of carbonyl (C=O) groups excluding carboxylic acids is 1. The number of ether oxygens (including phenoxy) is 1. The monoisotopic (exact) mass is 320 g/mol. The van der Waals surface area contributed by atoms with E-state index in [9.17, 15) is 4.79 Å². The van der Waals surface area contributed by atoms with Crippen LogP contribution in [-0.4, -0.2) is 45.2 Å². The van der Waals surface area contributed by atoms with Crippen LogP contribution in [0, 0.1) is 0 Å². The Hall–Kier alpha value is -2.24. The zero-order valence-electron chi connectivity index (χ0n) is 14.5. The third-order valence-electron chi connectivity index (χ3n) is 3.20. The van der Waals surface area contributed by atoms with Crippen LogP contribution in [0.5, 0.6) is 5.75 Å². The predicted molar refractivity (Wildman–Crippen MR) is 94.0 cm³/mol. The molecule has 128 valence electrons. The minimum Gasteiger partial charge on any atom is -0.496 e. The number of methoxy groups -OCH3 is 1. The summed E-state index contributed by atoms with van der Waals surface area (Å²) >= 11 is 0. The highest BCUT2D eigenvalue weighted by Gasteiger charge is 2.05. The number of guanidine groups is 1. The molecule has 6 nitrogen and oxygen atoms in total. The van der Waals surface area contributed by atoms with Gasteiger partial charge in [-0.2, -0.15) is 0 Å². The van der Waals surface area contributed by atoms with Gasteiger partial charge in [-0.1, -0.05) is 18.2 Å². The van der Waals surface area contributed by atoms with Gasteiger partial charge in [0, 0.05) is 32.6 Å². The van der Waals surface area contributed by atoms with E-state index in [1.807, 2.05) is 38.1 Å². The van der Waals surface area contributed by atoms with E-state index in [2.05, 4.69) is 20.9 Å². The van der Waals surface area contributed by atoms with Crippen LogP contribution in [0.25, 0.3) is 0 Å². The topological polar surface area (TPSA) is 74.8 Å². The molecule has 0 radical (unpaired) electrons. The van der Waals surface area contributed by atoms with Crippen molar-refractivity contribution in [1.82, 2.24) is 16.0 Å². The maximum atomic E-state index is 11.6. The summed E-state index contributed by atoms with van der Waals surface area (Å²) in [6.45, 7) is 5.18. The Bertz CT molecular complexity index is 515. The summed E-state index contributed by atoms with van der Waals surface area (Å²) in [6, 6.07) is 8.13. The molecule has 1 aromatic rings. The van der Waals surface area contributed by atoms with Crippen molar-refractivity contribution in [2.75, 3.05) is 27.2 Å². The van der Waals surface area contributed by atoms with Gasteiger partial charge in [0.05, 0.1) is 7.11 Å². The van der Waals surface area contributed by atoms with Gasteiger partial charge < -0.3 is 20.7 Å². The molecule has 0 saturated heterocycles. The highest BCUT2D eigenvalue weighted by molar-refractivity contribution is 5.81. The average Bonchev–Trinajstić information content (AvgIpc) is 2.53. The summed E-state index contributed by atoms with van der Waals surface area (Å²) < 4.78 is 5.33. The zero-order chi connectivity index (χ0) is 17.1. The van der Waals surface area contributed by atoms with Crippen LogP contribution in [0.2, 0.25) is 0 Å². The fourth-order valence-electron chi connectivity index (χ4n) is 2.13. The summed E-state index contributed by atoms with van der Waals surface area (Å²) in [5.74, 6) is 1.62. The van der Waals surface area contributed by atoms with Gasteiger partial charge in [0.15, 0.2) is 5.96 Å². The summed E-state index contributed by atoms with van der Waals surface area (Å²) in [5, 5.41) is 9.23. The summed E-state index contributed by atoms with van der Waals surface area (Å²) in [4.78, 5) is 15.7. The van der Waals surface area contributed by atoms with Crippen molar-refractivity contribution in [3.8, 4) is 5.75 Å². The number of carbonyl (C=O) groups is 1. The molecular weight excluding hydrogens is 292 g/mol. The van der Waals surface area contributed by atoms with Gasteiger partial charge >= 0.3 is 0 Å². The standard InChI is InChI=1S/C17H28N4O2/c1-13(2)21-16(22)10-12-20-17(18-3)19-11-9-14-7-5-6-8-15(14)23-4/h5-8,13H,9-12H2,1-4H3,(H,21,22)(H2,18,19,20). The molecule has 3 N–H and O–H groups in total. The lowest BCUT2D eigenvalue weighted by Crippen LogP contribution is -2.40. The molecule has 0 aliphatic rings. The predicted octanol–water partition coefficient (Wildman–Crippen LogP) is 1.32.